The van der Waals surface area contributed by atoms with E-state index in [1.807, 2.05) is 31.2 Å². The summed E-state index contributed by atoms with van der Waals surface area (Å²) in [6.45, 7) is 2.16. The third-order valence-corrected chi connectivity index (χ3v) is 6.21. The van der Waals surface area contributed by atoms with Crippen LogP contribution in [0.5, 0.6) is 11.5 Å². The van der Waals surface area contributed by atoms with Crippen molar-refractivity contribution in [2.45, 2.75) is 18.4 Å². The number of anilines is 1. The fourth-order valence-corrected chi connectivity index (χ4v) is 4.35. The summed E-state index contributed by atoms with van der Waals surface area (Å²) in [5.74, 6) is 1.00. The van der Waals surface area contributed by atoms with Gasteiger partial charge in [0.25, 0.3) is 10.0 Å². The molecule has 0 aromatic heterocycles. The number of rotatable bonds is 7. The third-order valence-electron chi connectivity index (χ3n) is 4.43. The maximum Gasteiger partial charge on any atom is 0.264 e. The normalized spacial score (nSPS) is 11.1. The van der Waals surface area contributed by atoms with Crippen LogP contribution < -0.4 is 13.8 Å². The van der Waals surface area contributed by atoms with Crippen molar-refractivity contribution in [1.29, 1.82) is 0 Å². The zero-order valence-corrected chi connectivity index (χ0v) is 16.9. The van der Waals surface area contributed by atoms with Gasteiger partial charge in [-0.3, -0.25) is 4.31 Å². The van der Waals surface area contributed by atoms with Crippen molar-refractivity contribution in [2.75, 3.05) is 18.5 Å². The van der Waals surface area contributed by atoms with Gasteiger partial charge in [0.2, 0.25) is 0 Å². The molecule has 146 valence electrons. The Balaban J connectivity index is 2.16. The highest BCUT2D eigenvalue weighted by molar-refractivity contribution is 7.92. The Kier molecular flexibility index (Phi) is 5.90. The van der Waals surface area contributed by atoms with Gasteiger partial charge in [0.15, 0.2) is 0 Å². The lowest BCUT2D eigenvalue weighted by atomic mass is 10.1. The van der Waals surface area contributed by atoms with Gasteiger partial charge < -0.3 is 9.47 Å². The van der Waals surface area contributed by atoms with Gasteiger partial charge in [0, 0.05) is 6.07 Å². The van der Waals surface area contributed by atoms with Crippen molar-refractivity contribution in [3.05, 3.63) is 83.9 Å². The topological polar surface area (TPSA) is 55.8 Å². The largest absolute Gasteiger partial charge is 0.497 e. The first-order valence-electron chi connectivity index (χ1n) is 8.81. The quantitative estimate of drug-likeness (QED) is 0.593. The number of methoxy groups -OCH3 is 2. The molecule has 3 rings (SSSR count). The summed E-state index contributed by atoms with van der Waals surface area (Å²) < 4.78 is 39.1. The summed E-state index contributed by atoms with van der Waals surface area (Å²) in [7, 11) is -0.761. The Hall–Kier alpha value is -2.99. The highest BCUT2D eigenvalue weighted by Crippen LogP contribution is 2.36. The smallest absolute Gasteiger partial charge is 0.264 e. The molecule has 3 aromatic carbocycles. The number of sulfonamides is 1. The molecule has 0 radical (unpaired) electrons. The molecule has 3 aromatic rings. The van der Waals surface area contributed by atoms with E-state index >= 15 is 0 Å². The van der Waals surface area contributed by atoms with Gasteiger partial charge in [-0.15, -0.1) is 0 Å². The second-order valence-corrected chi connectivity index (χ2v) is 8.21. The van der Waals surface area contributed by atoms with Gasteiger partial charge >= 0.3 is 0 Å². The second kappa shape index (κ2) is 8.35. The van der Waals surface area contributed by atoms with Crippen LogP contribution in [0.1, 0.15) is 11.1 Å². The standard InChI is InChI=1S/C22H23NO4S/c1-17-9-11-18(12-10-17)16-23(28(24,25)20-7-5-4-6-8-20)21-15-19(26-2)13-14-22(21)27-3/h4-15H,16H2,1-3H3. The van der Waals surface area contributed by atoms with E-state index in [1.165, 1.54) is 11.4 Å². The van der Waals surface area contributed by atoms with E-state index in [-0.39, 0.29) is 11.4 Å². The lowest BCUT2D eigenvalue weighted by molar-refractivity contribution is 0.403. The molecule has 0 saturated heterocycles. The highest BCUT2D eigenvalue weighted by Gasteiger charge is 2.28. The van der Waals surface area contributed by atoms with E-state index in [9.17, 15) is 8.42 Å². The van der Waals surface area contributed by atoms with Gasteiger partial charge in [-0.2, -0.15) is 0 Å². The van der Waals surface area contributed by atoms with E-state index in [4.69, 9.17) is 9.47 Å². The minimum Gasteiger partial charge on any atom is -0.497 e. The Bertz CT molecular complexity index is 1030. The first kappa shape index (κ1) is 19.8. The van der Waals surface area contributed by atoms with Gasteiger partial charge in [-0.05, 0) is 36.8 Å². The first-order valence-corrected chi connectivity index (χ1v) is 10.2. The molecule has 0 atom stereocenters. The fourth-order valence-electron chi connectivity index (χ4n) is 2.87. The second-order valence-electron chi connectivity index (χ2n) is 6.35. The monoisotopic (exact) mass is 397 g/mol. The Morgan fingerprint density at radius 1 is 0.857 bits per heavy atom. The van der Waals surface area contributed by atoms with Crippen LogP contribution in [0.2, 0.25) is 0 Å². The van der Waals surface area contributed by atoms with Gasteiger partial charge in [0.1, 0.15) is 11.5 Å². The maximum absolute atomic E-state index is 13.5. The van der Waals surface area contributed by atoms with Crippen LogP contribution in [-0.4, -0.2) is 22.6 Å². The summed E-state index contributed by atoms with van der Waals surface area (Å²) in [4.78, 5) is 0.215. The van der Waals surface area contributed by atoms with Crippen LogP contribution in [0.25, 0.3) is 0 Å². The van der Waals surface area contributed by atoms with Gasteiger partial charge in [0.05, 0.1) is 31.3 Å². The zero-order valence-electron chi connectivity index (χ0n) is 16.1. The van der Waals surface area contributed by atoms with Crippen LogP contribution in [0, 0.1) is 6.92 Å². The Morgan fingerprint density at radius 3 is 2.14 bits per heavy atom. The van der Waals surface area contributed by atoms with Gasteiger partial charge in [-0.25, -0.2) is 8.42 Å². The summed E-state index contributed by atoms with van der Waals surface area (Å²) in [6.07, 6.45) is 0. The van der Waals surface area contributed by atoms with Crippen LogP contribution in [0.15, 0.2) is 77.7 Å². The minimum absolute atomic E-state index is 0.168. The number of benzene rings is 3. The van der Waals surface area contributed by atoms with Gasteiger partial charge in [-0.1, -0.05) is 48.0 Å². The van der Waals surface area contributed by atoms with E-state index < -0.39 is 10.0 Å². The van der Waals surface area contributed by atoms with Crippen molar-refractivity contribution in [3.8, 4) is 11.5 Å². The SMILES string of the molecule is COc1ccc(OC)c(N(Cc2ccc(C)cc2)S(=O)(=O)c2ccccc2)c1. The molecule has 0 aliphatic heterocycles. The number of hydrogen-bond donors (Lipinski definition) is 0. The predicted molar refractivity (Wildman–Crippen MR) is 111 cm³/mol. The molecule has 6 heteroatoms. The molecule has 0 aliphatic rings. The van der Waals surface area contributed by atoms with Crippen molar-refractivity contribution in [2.24, 2.45) is 0 Å². The third kappa shape index (κ3) is 4.12. The van der Waals surface area contributed by atoms with Crippen molar-refractivity contribution in [3.63, 3.8) is 0 Å². The number of nitrogens with zero attached hydrogens (tertiary/aromatic N) is 1. The van der Waals surface area contributed by atoms with Crippen LogP contribution in [0.3, 0.4) is 0 Å². The molecular formula is C22H23NO4S. The fraction of sp³-hybridized carbons (Fsp3) is 0.182. The van der Waals surface area contributed by atoms with Crippen LogP contribution in [0.4, 0.5) is 5.69 Å². The molecule has 0 spiro atoms. The molecule has 0 unspecified atom stereocenters. The van der Waals surface area contributed by atoms with E-state index in [2.05, 4.69) is 0 Å². The molecule has 28 heavy (non-hydrogen) atoms. The molecule has 0 aliphatic carbocycles. The highest BCUT2D eigenvalue weighted by atomic mass is 32.2. The zero-order chi connectivity index (χ0) is 20.1. The lowest BCUT2D eigenvalue weighted by Gasteiger charge is -2.26. The molecule has 0 heterocycles. The van der Waals surface area contributed by atoms with E-state index in [0.29, 0.717) is 17.2 Å². The van der Waals surface area contributed by atoms with Crippen LogP contribution >= 0.6 is 0 Å². The predicted octanol–water partition coefficient (Wildman–Crippen LogP) is 4.41. The average Bonchev–Trinajstić information content (AvgIpc) is 2.73. The van der Waals surface area contributed by atoms with E-state index in [1.54, 1.807) is 55.6 Å². The summed E-state index contributed by atoms with van der Waals surface area (Å²) in [6, 6.07) is 21.3. The minimum atomic E-state index is -3.82. The Morgan fingerprint density at radius 2 is 1.54 bits per heavy atom. The Labute approximate surface area is 166 Å². The summed E-state index contributed by atoms with van der Waals surface area (Å²) in [5.41, 5.74) is 2.40. The summed E-state index contributed by atoms with van der Waals surface area (Å²) in [5, 5.41) is 0. The number of hydrogen-bond acceptors (Lipinski definition) is 4. The van der Waals surface area contributed by atoms with E-state index in [0.717, 1.165) is 11.1 Å². The molecule has 0 amide bonds. The lowest BCUT2D eigenvalue weighted by Crippen LogP contribution is -2.31. The number of ether oxygens (including phenoxy) is 2. The first-order chi connectivity index (χ1) is 13.5. The molecular weight excluding hydrogens is 374 g/mol. The average molecular weight is 397 g/mol. The molecule has 0 fully saturated rings. The van der Waals surface area contributed by atoms with Crippen molar-refractivity contribution in [1.82, 2.24) is 0 Å². The molecule has 0 saturated carbocycles. The van der Waals surface area contributed by atoms with Crippen molar-refractivity contribution < 1.29 is 17.9 Å². The molecule has 5 nitrogen and oxygen atoms in total. The summed E-state index contributed by atoms with van der Waals surface area (Å²) >= 11 is 0. The molecule has 0 bridgehead atoms. The molecule has 0 N–H and O–H groups in total. The maximum atomic E-state index is 13.5. The number of aryl methyl sites for hydroxylation is 1. The van der Waals surface area contributed by atoms with Crippen LogP contribution in [-0.2, 0) is 16.6 Å². The van der Waals surface area contributed by atoms with Crippen molar-refractivity contribution >= 4 is 15.7 Å².